The lowest BCUT2D eigenvalue weighted by Crippen LogP contribution is -2.25. The Bertz CT molecular complexity index is 528. The van der Waals surface area contributed by atoms with Gasteiger partial charge in [0.25, 0.3) is 0 Å². The summed E-state index contributed by atoms with van der Waals surface area (Å²) < 4.78 is 19.2. The van der Waals surface area contributed by atoms with Crippen LogP contribution in [0, 0.1) is 5.82 Å². The first-order chi connectivity index (χ1) is 9.74. The van der Waals surface area contributed by atoms with E-state index in [2.05, 4.69) is 22.2 Å². The van der Waals surface area contributed by atoms with Crippen molar-refractivity contribution in [2.45, 2.75) is 25.8 Å². The monoisotopic (exact) mass is 277 g/mol. The quantitative estimate of drug-likeness (QED) is 0.818. The Morgan fingerprint density at radius 2 is 2.30 bits per heavy atom. The number of aromatic amines is 1. The number of ether oxygens (including phenoxy) is 1. The highest BCUT2D eigenvalue weighted by molar-refractivity contribution is 5.31. The molecule has 0 amide bonds. The number of hydrogen-bond acceptors (Lipinski definition) is 3. The molecule has 0 saturated carbocycles. The number of imidazole rings is 1. The molecular formula is C15H20FN3O. The largest absolute Gasteiger partial charge is 0.497 e. The molecule has 2 N–H and O–H groups in total. The van der Waals surface area contributed by atoms with E-state index in [-0.39, 0.29) is 11.9 Å². The molecule has 108 valence electrons. The highest BCUT2D eigenvalue weighted by Gasteiger charge is 2.17. The molecule has 1 heterocycles. The molecule has 0 aliphatic carbocycles. The summed E-state index contributed by atoms with van der Waals surface area (Å²) in [5.74, 6) is 1.11. The van der Waals surface area contributed by atoms with E-state index in [0.717, 1.165) is 18.8 Å². The summed E-state index contributed by atoms with van der Waals surface area (Å²) in [4.78, 5) is 7.27. The Morgan fingerprint density at radius 3 is 2.90 bits per heavy atom. The van der Waals surface area contributed by atoms with Gasteiger partial charge in [-0.15, -0.1) is 0 Å². The van der Waals surface area contributed by atoms with Crippen molar-refractivity contribution < 1.29 is 9.13 Å². The summed E-state index contributed by atoms with van der Waals surface area (Å²) in [6.07, 6.45) is 5.09. The Morgan fingerprint density at radius 1 is 1.45 bits per heavy atom. The Balaban J connectivity index is 2.21. The maximum absolute atomic E-state index is 14.2. The number of H-pyrrole nitrogens is 1. The molecule has 0 spiro atoms. The van der Waals surface area contributed by atoms with Crippen LogP contribution in [0.5, 0.6) is 5.75 Å². The molecule has 1 atom stereocenters. The van der Waals surface area contributed by atoms with Crippen LogP contribution in [0.1, 0.15) is 30.8 Å². The second-order valence-corrected chi connectivity index (χ2v) is 4.63. The minimum atomic E-state index is -0.260. The molecule has 0 radical (unpaired) electrons. The zero-order valence-corrected chi connectivity index (χ0v) is 11.8. The average Bonchev–Trinajstić information content (AvgIpc) is 2.96. The minimum absolute atomic E-state index is 0.105. The lowest BCUT2D eigenvalue weighted by atomic mass is 10.0. The lowest BCUT2D eigenvalue weighted by Gasteiger charge is -2.19. The minimum Gasteiger partial charge on any atom is -0.497 e. The van der Waals surface area contributed by atoms with Gasteiger partial charge >= 0.3 is 0 Å². The van der Waals surface area contributed by atoms with E-state index in [1.165, 1.54) is 13.2 Å². The molecule has 2 rings (SSSR count). The van der Waals surface area contributed by atoms with Gasteiger partial charge in [-0.1, -0.05) is 13.0 Å². The van der Waals surface area contributed by atoms with Crippen molar-refractivity contribution in [1.82, 2.24) is 15.3 Å². The fourth-order valence-corrected chi connectivity index (χ4v) is 2.13. The SMILES string of the molecule is CCCNC(Cc1ncc[nH]1)c1ccc(OC)cc1F. The van der Waals surface area contributed by atoms with Crippen molar-refractivity contribution in [3.8, 4) is 5.75 Å². The summed E-state index contributed by atoms with van der Waals surface area (Å²) in [7, 11) is 1.53. The van der Waals surface area contributed by atoms with Gasteiger partial charge in [0.15, 0.2) is 0 Å². The molecule has 1 aromatic carbocycles. The molecular weight excluding hydrogens is 257 g/mol. The summed E-state index contributed by atoms with van der Waals surface area (Å²) in [6.45, 7) is 2.91. The maximum Gasteiger partial charge on any atom is 0.131 e. The predicted molar refractivity (Wildman–Crippen MR) is 76.3 cm³/mol. The zero-order chi connectivity index (χ0) is 14.4. The van der Waals surface area contributed by atoms with Crippen LogP contribution in [0.2, 0.25) is 0 Å². The van der Waals surface area contributed by atoms with Crippen LogP contribution < -0.4 is 10.1 Å². The molecule has 5 heteroatoms. The second kappa shape index (κ2) is 7.05. The molecule has 4 nitrogen and oxygen atoms in total. The molecule has 0 fully saturated rings. The first-order valence-electron chi connectivity index (χ1n) is 6.79. The van der Waals surface area contributed by atoms with Crippen LogP contribution in [0.25, 0.3) is 0 Å². The van der Waals surface area contributed by atoms with E-state index < -0.39 is 0 Å². The van der Waals surface area contributed by atoms with Gasteiger partial charge in [0.1, 0.15) is 17.4 Å². The molecule has 20 heavy (non-hydrogen) atoms. The van der Waals surface area contributed by atoms with E-state index in [9.17, 15) is 4.39 Å². The van der Waals surface area contributed by atoms with Crippen molar-refractivity contribution in [2.24, 2.45) is 0 Å². The van der Waals surface area contributed by atoms with Gasteiger partial charge in [-0.2, -0.15) is 0 Å². The lowest BCUT2D eigenvalue weighted by molar-refractivity contribution is 0.408. The standard InChI is InChI=1S/C15H20FN3O/c1-3-6-17-14(10-15-18-7-8-19-15)12-5-4-11(20-2)9-13(12)16/h4-5,7-9,14,17H,3,6,10H2,1-2H3,(H,18,19). The summed E-state index contributed by atoms with van der Waals surface area (Å²) in [5.41, 5.74) is 0.635. The average molecular weight is 277 g/mol. The predicted octanol–water partition coefficient (Wildman–Crippen LogP) is 2.84. The van der Waals surface area contributed by atoms with E-state index in [1.807, 2.05) is 0 Å². The van der Waals surface area contributed by atoms with Gasteiger partial charge in [-0.05, 0) is 19.0 Å². The number of benzene rings is 1. The molecule has 1 aromatic heterocycles. The van der Waals surface area contributed by atoms with Crippen LogP contribution >= 0.6 is 0 Å². The maximum atomic E-state index is 14.2. The molecule has 1 unspecified atom stereocenters. The summed E-state index contributed by atoms with van der Waals surface area (Å²) >= 11 is 0. The normalized spacial score (nSPS) is 12.3. The van der Waals surface area contributed by atoms with Crippen LogP contribution in [0.15, 0.2) is 30.6 Å². The molecule has 0 bridgehead atoms. The van der Waals surface area contributed by atoms with Crippen LogP contribution in [0.3, 0.4) is 0 Å². The third-order valence-electron chi connectivity index (χ3n) is 3.18. The number of methoxy groups -OCH3 is 1. The molecule has 0 aliphatic rings. The Labute approximate surface area is 118 Å². The first-order valence-corrected chi connectivity index (χ1v) is 6.79. The second-order valence-electron chi connectivity index (χ2n) is 4.63. The van der Waals surface area contributed by atoms with Crippen molar-refractivity contribution in [3.63, 3.8) is 0 Å². The third kappa shape index (κ3) is 3.57. The van der Waals surface area contributed by atoms with E-state index in [0.29, 0.717) is 17.7 Å². The van der Waals surface area contributed by atoms with Gasteiger partial charge in [0.2, 0.25) is 0 Å². The molecule has 0 saturated heterocycles. The topological polar surface area (TPSA) is 49.9 Å². The van der Waals surface area contributed by atoms with Gasteiger partial charge in [0, 0.05) is 36.5 Å². The highest BCUT2D eigenvalue weighted by Crippen LogP contribution is 2.24. The van der Waals surface area contributed by atoms with E-state index in [1.54, 1.807) is 24.5 Å². The Kier molecular flexibility index (Phi) is 5.12. The third-order valence-corrected chi connectivity index (χ3v) is 3.18. The number of nitrogens with one attached hydrogen (secondary N) is 2. The smallest absolute Gasteiger partial charge is 0.131 e. The van der Waals surface area contributed by atoms with Crippen LogP contribution in [-0.2, 0) is 6.42 Å². The first kappa shape index (κ1) is 14.5. The van der Waals surface area contributed by atoms with Gasteiger partial charge in [0.05, 0.1) is 7.11 Å². The van der Waals surface area contributed by atoms with Crippen molar-refractivity contribution in [3.05, 3.63) is 47.8 Å². The molecule has 2 aromatic rings. The summed E-state index contributed by atoms with van der Waals surface area (Å²) in [6, 6.07) is 4.86. The van der Waals surface area contributed by atoms with Gasteiger partial charge < -0.3 is 15.0 Å². The Hall–Kier alpha value is -1.88. The van der Waals surface area contributed by atoms with E-state index >= 15 is 0 Å². The zero-order valence-electron chi connectivity index (χ0n) is 11.8. The van der Waals surface area contributed by atoms with Crippen molar-refractivity contribution in [2.75, 3.05) is 13.7 Å². The number of hydrogen-bond donors (Lipinski definition) is 2. The summed E-state index contributed by atoms with van der Waals surface area (Å²) in [5, 5.41) is 3.36. The van der Waals surface area contributed by atoms with Crippen LogP contribution in [-0.4, -0.2) is 23.6 Å². The number of halogens is 1. The number of aromatic nitrogens is 2. The molecule has 0 aliphatic heterocycles. The van der Waals surface area contributed by atoms with Crippen molar-refractivity contribution in [1.29, 1.82) is 0 Å². The number of rotatable bonds is 7. The van der Waals surface area contributed by atoms with E-state index in [4.69, 9.17) is 4.74 Å². The van der Waals surface area contributed by atoms with Gasteiger partial charge in [-0.25, -0.2) is 9.37 Å². The fourth-order valence-electron chi connectivity index (χ4n) is 2.13. The highest BCUT2D eigenvalue weighted by atomic mass is 19.1. The van der Waals surface area contributed by atoms with Crippen LogP contribution in [0.4, 0.5) is 4.39 Å². The van der Waals surface area contributed by atoms with Gasteiger partial charge in [-0.3, -0.25) is 0 Å². The fraction of sp³-hybridized carbons (Fsp3) is 0.400. The number of nitrogens with zero attached hydrogens (tertiary/aromatic N) is 1. The van der Waals surface area contributed by atoms with Crippen molar-refractivity contribution >= 4 is 0 Å².